The van der Waals surface area contributed by atoms with Gasteiger partial charge in [-0.2, -0.15) is 0 Å². The highest BCUT2D eigenvalue weighted by Crippen LogP contribution is 2.38. The lowest BCUT2D eigenvalue weighted by Crippen LogP contribution is -2.19. The zero-order valence-corrected chi connectivity index (χ0v) is 18.6. The van der Waals surface area contributed by atoms with Gasteiger partial charge in [0.15, 0.2) is 6.61 Å². The van der Waals surface area contributed by atoms with E-state index in [0.29, 0.717) is 16.5 Å². The minimum absolute atomic E-state index is 0.0705. The largest absolute Gasteiger partial charge is 0.484 e. The molecule has 3 aromatic rings. The molecule has 31 heavy (non-hydrogen) atoms. The number of rotatable bonds is 8. The minimum atomic E-state index is -0.502. The molecule has 0 fully saturated rings. The maximum Gasteiger partial charge on any atom is 0.277 e. The number of aromatic nitrogens is 2. The molecule has 3 N–H and O–H groups in total. The monoisotopic (exact) mass is 458 g/mol. The first-order valence-electron chi connectivity index (χ1n) is 9.89. The topological polar surface area (TPSA) is 120 Å². The molecule has 10 heteroatoms. The van der Waals surface area contributed by atoms with Crippen molar-refractivity contribution in [1.29, 1.82) is 0 Å². The molecule has 1 aromatic carbocycles. The fourth-order valence-corrected chi connectivity index (χ4v) is 5.31. The Labute approximate surface area is 187 Å². The van der Waals surface area contributed by atoms with Crippen LogP contribution in [0, 0.1) is 6.92 Å². The van der Waals surface area contributed by atoms with Crippen LogP contribution in [-0.2, 0) is 24.2 Å². The normalized spacial score (nSPS) is 12.9. The molecule has 1 aliphatic rings. The number of carbonyl (C=O) groups is 2. The Hall–Kier alpha value is -2.85. The molecule has 4 rings (SSSR count). The van der Waals surface area contributed by atoms with Crippen molar-refractivity contribution in [2.75, 3.05) is 11.1 Å². The van der Waals surface area contributed by atoms with E-state index in [4.69, 9.17) is 14.9 Å². The number of aryl methyl sites for hydroxylation is 2. The SMILES string of the molecule is Cc1ccccc1OCc1nnc(SCC(=O)Nc2sc3c(c2C(N)=O)CCCC3)o1. The lowest BCUT2D eigenvalue weighted by molar-refractivity contribution is -0.113. The van der Waals surface area contributed by atoms with Crippen LogP contribution in [-0.4, -0.2) is 27.8 Å². The predicted molar refractivity (Wildman–Crippen MR) is 119 cm³/mol. The van der Waals surface area contributed by atoms with Crippen LogP contribution in [0.3, 0.4) is 0 Å². The first-order chi connectivity index (χ1) is 15.0. The number of para-hydroxylation sites is 1. The molecule has 0 aliphatic heterocycles. The predicted octanol–water partition coefficient (Wildman–Crippen LogP) is 3.73. The number of ether oxygens (including phenoxy) is 1. The molecule has 0 bridgehead atoms. The molecule has 2 aromatic heterocycles. The van der Waals surface area contributed by atoms with Crippen LogP contribution in [0.25, 0.3) is 0 Å². The molecule has 162 valence electrons. The van der Waals surface area contributed by atoms with Gasteiger partial charge in [-0.15, -0.1) is 21.5 Å². The Morgan fingerprint density at radius 3 is 2.87 bits per heavy atom. The Balaban J connectivity index is 1.32. The van der Waals surface area contributed by atoms with Gasteiger partial charge in [-0.05, 0) is 49.8 Å². The smallest absolute Gasteiger partial charge is 0.277 e. The third kappa shape index (κ3) is 5.08. The van der Waals surface area contributed by atoms with E-state index in [1.165, 1.54) is 11.3 Å². The van der Waals surface area contributed by atoms with Gasteiger partial charge in [-0.25, -0.2) is 0 Å². The number of benzene rings is 1. The summed E-state index contributed by atoms with van der Waals surface area (Å²) in [6.45, 7) is 2.10. The van der Waals surface area contributed by atoms with Crippen molar-refractivity contribution in [3.05, 3.63) is 51.7 Å². The van der Waals surface area contributed by atoms with E-state index in [1.54, 1.807) is 0 Å². The highest BCUT2D eigenvalue weighted by molar-refractivity contribution is 7.99. The maximum atomic E-state index is 12.4. The number of nitrogens with zero attached hydrogens (tertiary/aromatic N) is 2. The number of thiophene rings is 1. The molecule has 2 heterocycles. The number of amides is 2. The minimum Gasteiger partial charge on any atom is -0.484 e. The van der Waals surface area contributed by atoms with Crippen LogP contribution in [0.5, 0.6) is 5.75 Å². The Kier molecular flexibility index (Phi) is 6.57. The number of nitrogens with two attached hydrogens (primary N) is 1. The van der Waals surface area contributed by atoms with Gasteiger partial charge in [0, 0.05) is 4.88 Å². The molecule has 8 nitrogen and oxygen atoms in total. The molecule has 0 radical (unpaired) electrons. The number of fused-ring (bicyclic) bond motifs is 1. The van der Waals surface area contributed by atoms with Crippen LogP contribution < -0.4 is 15.8 Å². The standard InChI is InChI=1S/C21H22N4O4S2/c1-12-6-2-4-8-14(12)28-10-17-24-25-21(29-17)30-11-16(26)23-20-18(19(22)27)13-7-3-5-9-15(13)31-20/h2,4,6,8H,3,5,7,9-11H2,1H3,(H2,22,27)(H,23,26). The van der Waals surface area contributed by atoms with Crippen molar-refractivity contribution in [1.82, 2.24) is 10.2 Å². The number of thioether (sulfide) groups is 1. The van der Waals surface area contributed by atoms with Gasteiger partial charge in [-0.3, -0.25) is 9.59 Å². The average Bonchev–Trinajstić information content (AvgIpc) is 3.35. The maximum absolute atomic E-state index is 12.4. The fraction of sp³-hybridized carbons (Fsp3) is 0.333. The number of hydrogen-bond acceptors (Lipinski definition) is 8. The van der Waals surface area contributed by atoms with Gasteiger partial charge in [-0.1, -0.05) is 30.0 Å². The van der Waals surface area contributed by atoms with E-state index < -0.39 is 5.91 Å². The second kappa shape index (κ2) is 9.52. The van der Waals surface area contributed by atoms with Crippen LogP contribution in [0.4, 0.5) is 5.00 Å². The first-order valence-corrected chi connectivity index (χ1v) is 11.7. The number of anilines is 1. The summed E-state index contributed by atoms with van der Waals surface area (Å²) in [4.78, 5) is 25.5. The van der Waals surface area contributed by atoms with Gasteiger partial charge in [0.25, 0.3) is 17.0 Å². The van der Waals surface area contributed by atoms with E-state index in [0.717, 1.165) is 59.2 Å². The molecule has 2 amide bonds. The van der Waals surface area contributed by atoms with Crippen molar-refractivity contribution in [2.24, 2.45) is 5.73 Å². The lowest BCUT2D eigenvalue weighted by atomic mass is 9.95. The molecular formula is C21H22N4O4S2. The lowest BCUT2D eigenvalue weighted by Gasteiger charge is -2.11. The summed E-state index contributed by atoms with van der Waals surface area (Å²) in [5.74, 6) is 0.381. The summed E-state index contributed by atoms with van der Waals surface area (Å²) in [7, 11) is 0. The van der Waals surface area contributed by atoms with E-state index >= 15 is 0 Å². The van der Waals surface area contributed by atoms with Gasteiger partial charge in [0.2, 0.25) is 5.91 Å². The summed E-state index contributed by atoms with van der Waals surface area (Å²) in [5.41, 5.74) is 8.02. The second-order valence-electron chi connectivity index (χ2n) is 7.13. The number of primary amides is 1. The van der Waals surface area contributed by atoms with E-state index in [9.17, 15) is 9.59 Å². The first kappa shape index (κ1) is 21.4. The number of nitrogens with one attached hydrogen (secondary N) is 1. The summed E-state index contributed by atoms with van der Waals surface area (Å²) >= 11 is 2.56. The van der Waals surface area contributed by atoms with Gasteiger partial charge < -0.3 is 20.2 Å². The van der Waals surface area contributed by atoms with E-state index in [1.807, 2.05) is 31.2 Å². The molecule has 1 aliphatic carbocycles. The highest BCUT2D eigenvalue weighted by Gasteiger charge is 2.25. The van der Waals surface area contributed by atoms with Crippen LogP contribution >= 0.6 is 23.1 Å². The highest BCUT2D eigenvalue weighted by atomic mass is 32.2. The average molecular weight is 459 g/mol. The van der Waals surface area contributed by atoms with Crippen LogP contribution in [0.15, 0.2) is 33.9 Å². The Morgan fingerprint density at radius 2 is 2.06 bits per heavy atom. The summed E-state index contributed by atoms with van der Waals surface area (Å²) in [6, 6.07) is 7.65. The molecular weight excluding hydrogens is 436 g/mol. The van der Waals surface area contributed by atoms with Crippen molar-refractivity contribution in [3.63, 3.8) is 0 Å². The summed E-state index contributed by atoms with van der Waals surface area (Å²) in [6.07, 6.45) is 3.85. The molecule has 0 atom stereocenters. The zero-order chi connectivity index (χ0) is 21.8. The third-order valence-corrected chi connectivity index (χ3v) is 6.92. The van der Waals surface area contributed by atoms with Crippen LogP contribution in [0.1, 0.15) is 45.1 Å². The molecule has 0 saturated heterocycles. The van der Waals surface area contributed by atoms with E-state index in [2.05, 4.69) is 15.5 Å². The van der Waals surface area contributed by atoms with Gasteiger partial charge >= 0.3 is 0 Å². The van der Waals surface area contributed by atoms with E-state index in [-0.39, 0.29) is 23.5 Å². The van der Waals surface area contributed by atoms with Crippen molar-refractivity contribution >= 4 is 39.9 Å². The summed E-state index contributed by atoms with van der Waals surface area (Å²) in [5, 5.41) is 11.5. The Bertz CT molecular complexity index is 1110. The Morgan fingerprint density at radius 1 is 1.26 bits per heavy atom. The van der Waals surface area contributed by atoms with Gasteiger partial charge in [0.1, 0.15) is 10.8 Å². The van der Waals surface area contributed by atoms with Crippen molar-refractivity contribution in [2.45, 2.75) is 44.4 Å². The number of hydrogen-bond donors (Lipinski definition) is 2. The quantitative estimate of drug-likeness (QED) is 0.494. The fourth-order valence-electron chi connectivity index (χ4n) is 3.42. The van der Waals surface area contributed by atoms with Crippen LogP contribution in [0.2, 0.25) is 0 Å². The molecule has 0 spiro atoms. The molecule has 0 unspecified atom stereocenters. The van der Waals surface area contributed by atoms with Gasteiger partial charge in [0.05, 0.1) is 11.3 Å². The van der Waals surface area contributed by atoms with Crippen molar-refractivity contribution < 1.29 is 18.7 Å². The number of carbonyl (C=O) groups excluding carboxylic acids is 2. The second-order valence-corrected chi connectivity index (χ2v) is 9.16. The molecule has 0 saturated carbocycles. The van der Waals surface area contributed by atoms with Crippen molar-refractivity contribution in [3.8, 4) is 5.75 Å². The summed E-state index contributed by atoms with van der Waals surface area (Å²) < 4.78 is 11.2. The third-order valence-electron chi connectivity index (χ3n) is 4.89. The zero-order valence-electron chi connectivity index (χ0n) is 17.0.